The Hall–Kier alpha value is -3.32. The van der Waals surface area contributed by atoms with Crippen molar-refractivity contribution in [3.63, 3.8) is 0 Å². The van der Waals surface area contributed by atoms with Gasteiger partial charge in [-0.1, -0.05) is 30.3 Å². The van der Waals surface area contributed by atoms with Crippen molar-refractivity contribution < 1.29 is 14.3 Å². The average molecular weight is 435 g/mol. The highest BCUT2D eigenvalue weighted by atomic mass is 16.5. The van der Waals surface area contributed by atoms with E-state index >= 15 is 0 Å². The van der Waals surface area contributed by atoms with Gasteiger partial charge < -0.3 is 20.4 Å². The Morgan fingerprint density at radius 1 is 1.25 bits per heavy atom. The molecule has 3 N–H and O–H groups in total. The first kappa shape index (κ1) is 21.9. The molecule has 0 radical (unpaired) electrons. The molecular formula is C25H30N4O3. The number of carbonyl (C=O) groups is 2. The summed E-state index contributed by atoms with van der Waals surface area (Å²) >= 11 is 0. The maximum absolute atomic E-state index is 12.6. The predicted octanol–water partition coefficient (Wildman–Crippen LogP) is 2.53. The van der Waals surface area contributed by atoms with Crippen molar-refractivity contribution in [3.05, 3.63) is 65.4 Å². The maximum Gasteiger partial charge on any atom is 0.237 e. The van der Waals surface area contributed by atoms with Gasteiger partial charge in [-0.15, -0.1) is 0 Å². The number of nitrogens with one attached hydrogen (secondary N) is 3. The summed E-state index contributed by atoms with van der Waals surface area (Å²) in [5.41, 5.74) is 4.42. The number of hydrogen-bond donors (Lipinski definition) is 3. The van der Waals surface area contributed by atoms with Crippen molar-refractivity contribution in [1.82, 2.24) is 20.5 Å². The van der Waals surface area contributed by atoms with Crippen LogP contribution in [0, 0.1) is 6.92 Å². The number of nitrogens with zero attached hydrogens (tertiary/aromatic N) is 1. The van der Waals surface area contributed by atoms with Gasteiger partial charge in [0.05, 0.1) is 19.6 Å². The fraction of sp³-hybridized carbons (Fsp3) is 0.360. The van der Waals surface area contributed by atoms with Crippen LogP contribution in [0.1, 0.15) is 23.1 Å². The Balaban J connectivity index is 1.34. The van der Waals surface area contributed by atoms with E-state index in [2.05, 4.69) is 32.7 Å². The quantitative estimate of drug-likeness (QED) is 0.509. The Kier molecular flexibility index (Phi) is 6.75. The normalized spacial score (nSPS) is 16.7. The summed E-state index contributed by atoms with van der Waals surface area (Å²) in [6.07, 6.45) is 2.88. The average Bonchev–Trinajstić information content (AvgIpc) is 3.19. The van der Waals surface area contributed by atoms with E-state index in [9.17, 15) is 9.59 Å². The summed E-state index contributed by atoms with van der Waals surface area (Å²) in [5.74, 6) is 0.646. The van der Waals surface area contributed by atoms with Gasteiger partial charge in [-0.05, 0) is 42.2 Å². The molecular weight excluding hydrogens is 404 g/mol. The number of methoxy groups -OCH3 is 1. The molecule has 1 saturated heterocycles. The highest BCUT2D eigenvalue weighted by molar-refractivity contribution is 5.89. The van der Waals surface area contributed by atoms with Gasteiger partial charge in [0.25, 0.3) is 0 Å². The number of hydrogen-bond acceptors (Lipinski definition) is 4. The second-order valence-corrected chi connectivity index (χ2v) is 8.24. The smallest absolute Gasteiger partial charge is 0.237 e. The minimum atomic E-state index is -0.473. The van der Waals surface area contributed by atoms with Crippen LogP contribution in [-0.2, 0) is 22.6 Å². The number of H-pyrrole nitrogens is 1. The fourth-order valence-corrected chi connectivity index (χ4v) is 4.37. The Morgan fingerprint density at radius 3 is 2.91 bits per heavy atom. The number of carbonyl (C=O) groups excluding carboxylic acids is 2. The van der Waals surface area contributed by atoms with Crippen LogP contribution < -0.4 is 15.4 Å². The Bertz CT molecular complexity index is 1110. The fourth-order valence-electron chi connectivity index (χ4n) is 4.37. The van der Waals surface area contributed by atoms with Gasteiger partial charge in [-0.3, -0.25) is 14.5 Å². The molecule has 3 aromatic rings. The molecule has 32 heavy (non-hydrogen) atoms. The summed E-state index contributed by atoms with van der Waals surface area (Å²) in [6, 6.07) is 13.7. The van der Waals surface area contributed by atoms with Gasteiger partial charge in [0.15, 0.2) is 0 Å². The van der Waals surface area contributed by atoms with Gasteiger partial charge in [-0.25, -0.2) is 0 Å². The minimum absolute atomic E-state index is 0.0896. The van der Waals surface area contributed by atoms with E-state index in [1.54, 1.807) is 7.11 Å². The number of ether oxygens (including phenoxy) is 1. The van der Waals surface area contributed by atoms with E-state index in [1.165, 1.54) is 10.9 Å². The lowest BCUT2D eigenvalue weighted by molar-refractivity contribution is -0.134. The van der Waals surface area contributed by atoms with E-state index in [0.717, 1.165) is 28.8 Å². The molecule has 4 rings (SSSR count). The first-order chi connectivity index (χ1) is 15.5. The number of aromatic amines is 1. The standard InChI is InChI=1S/C25H30N4O3/c1-17-13-18(7-8-23(17)32-2)16-29-12-11-27-25(31)22(29)14-24(30)26-10-9-19-15-28-21-6-4-3-5-20(19)21/h3-8,13,15,22,28H,9-12,14,16H2,1-2H3,(H,26,30)(H,27,31)/t22-/m0/s1. The second-order valence-electron chi connectivity index (χ2n) is 8.24. The van der Waals surface area contributed by atoms with Crippen LogP contribution >= 0.6 is 0 Å². The number of benzene rings is 2. The first-order valence-electron chi connectivity index (χ1n) is 11.0. The number of fused-ring (bicyclic) bond motifs is 1. The van der Waals surface area contributed by atoms with Gasteiger partial charge in [0.1, 0.15) is 5.75 Å². The third-order valence-electron chi connectivity index (χ3n) is 6.06. The predicted molar refractivity (Wildman–Crippen MR) is 125 cm³/mol. The largest absolute Gasteiger partial charge is 0.496 e. The van der Waals surface area contributed by atoms with Crippen molar-refractivity contribution >= 4 is 22.7 Å². The first-order valence-corrected chi connectivity index (χ1v) is 11.0. The maximum atomic E-state index is 12.6. The molecule has 0 bridgehead atoms. The molecule has 1 fully saturated rings. The van der Waals surface area contributed by atoms with Crippen molar-refractivity contribution in [3.8, 4) is 5.75 Å². The molecule has 0 unspecified atom stereocenters. The van der Waals surface area contributed by atoms with Crippen molar-refractivity contribution in [2.45, 2.75) is 32.4 Å². The van der Waals surface area contributed by atoms with Crippen LogP contribution in [0.15, 0.2) is 48.7 Å². The molecule has 2 amide bonds. The topological polar surface area (TPSA) is 86.5 Å². The number of rotatable bonds is 8. The molecule has 168 valence electrons. The minimum Gasteiger partial charge on any atom is -0.496 e. The number of piperazine rings is 1. The van der Waals surface area contributed by atoms with Crippen LogP contribution in [0.2, 0.25) is 0 Å². The zero-order chi connectivity index (χ0) is 22.5. The van der Waals surface area contributed by atoms with Gasteiger partial charge in [0.2, 0.25) is 11.8 Å². The van der Waals surface area contributed by atoms with Crippen molar-refractivity contribution in [2.75, 3.05) is 26.7 Å². The summed E-state index contributed by atoms with van der Waals surface area (Å²) in [7, 11) is 1.66. The molecule has 1 aromatic heterocycles. The van der Waals surface area contributed by atoms with E-state index in [1.807, 2.05) is 43.5 Å². The second kappa shape index (κ2) is 9.87. The lowest BCUT2D eigenvalue weighted by atomic mass is 10.0. The summed E-state index contributed by atoms with van der Waals surface area (Å²) in [6.45, 7) is 4.46. The molecule has 2 heterocycles. The molecule has 0 saturated carbocycles. The van der Waals surface area contributed by atoms with Gasteiger partial charge in [0, 0.05) is 43.3 Å². The molecule has 0 aliphatic carbocycles. The van der Waals surface area contributed by atoms with E-state index in [0.29, 0.717) is 26.2 Å². The number of para-hydroxylation sites is 1. The third-order valence-corrected chi connectivity index (χ3v) is 6.06. The molecule has 2 aromatic carbocycles. The zero-order valence-electron chi connectivity index (χ0n) is 18.6. The van der Waals surface area contributed by atoms with Crippen LogP contribution in [0.25, 0.3) is 10.9 Å². The van der Waals surface area contributed by atoms with Crippen LogP contribution in [-0.4, -0.2) is 54.5 Å². The Morgan fingerprint density at radius 2 is 2.09 bits per heavy atom. The van der Waals surface area contributed by atoms with Crippen molar-refractivity contribution in [2.24, 2.45) is 0 Å². The molecule has 1 atom stereocenters. The Labute approximate surface area is 188 Å². The van der Waals surface area contributed by atoms with E-state index in [4.69, 9.17) is 4.74 Å². The number of aromatic nitrogens is 1. The van der Waals surface area contributed by atoms with Crippen LogP contribution in [0.5, 0.6) is 5.75 Å². The highest BCUT2D eigenvalue weighted by Crippen LogP contribution is 2.21. The monoisotopic (exact) mass is 434 g/mol. The molecule has 0 spiro atoms. The lowest BCUT2D eigenvalue weighted by Gasteiger charge is -2.34. The van der Waals surface area contributed by atoms with E-state index in [-0.39, 0.29) is 18.2 Å². The summed E-state index contributed by atoms with van der Waals surface area (Å²) in [4.78, 5) is 30.5. The molecule has 7 nitrogen and oxygen atoms in total. The van der Waals surface area contributed by atoms with E-state index < -0.39 is 6.04 Å². The lowest BCUT2D eigenvalue weighted by Crippen LogP contribution is -2.56. The molecule has 7 heteroatoms. The third kappa shape index (κ3) is 4.94. The van der Waals surface area contributed by atoms with Gasteiger partial charge in [-0.2, -0.15) is 0 Å². The van der Waals surface area contributed by atoms with Crippen molar-refractivity contribution in [1.29, 1.82) is 0 Å². The highest BCUT2D eigenvalue weighted by Gasteiger charge is 2.31. The summed E-state index contributed by atoms with van der Waals surface area (Å²) in [5, 5.41) is 7.06. The number of amides is 2. The van der Waals surface area contributed by atoms with Crippen LogP contribution in [0.3, 0.4) is 0 Å². The SMILES string of the molecule is COc1ccc(CN2CCNC(=O)[C@@H]2CC(=O)NCCc2c[nH]c3ccccc23)cc1C. The zero-order valence-corrected chi connectivity index (χ0v) is 18.6. The van der Waals surface area contributed by atoms with Crippen LogP contribution in [0.4, 0.5) is 0 Å². The number of aryl methyl sites for hydroxylation is 1. The molecule has 1 aliphatic rings. The van der Waals surface area contributed by atoms with Gasteiger partial charge >= 0.3 is 0 Å². The summed E-state index contributed by atoms with van der Waals surface area (Å²) < 4.78 is 5.34. The molecule has 1 aliphatic heterocycles.